The third kappa shape index (κ3) is 4.82. The Balaban J connectivity index is 4.92. The summed E-state index contributed by atoms with van der Waals surface area (Å²) in [4.78, 5) is 45.9. The number of nitrogens with two attached hydrogens (primary N) is 2. The van der Waals surface area contributed by atoms with Crippen molar-refractivity contribution in [3.63, 3.8) is 0 Å². The highest BCUT2D eigenvalue weighted by Gasteiger charge is 2.44. The molecule has 0 amide bonds. The van der Waals surface area contributed by atoms with Gasteiger partial charge in [0, 0.05) is 0 Å². The molecule has 16 heavy (non-hydrogen) atoms. The largest absolute Gasteiger partial charge is 0.340 e. The molecule has 0 aromatic rings. The van der Waals surface area contributed by atoms with Gasteiger partial charge in [0.15, 0.2) is 11.2 Å². The average Bonchev–Trinajstić information content (AvgIpc) is 2.08. The summed E-state index contributed by atoms with van der Waals surface area (Å²) in [6.07, 6.45) is -0.815. The van der Waals surface area contributed by atoms with E-state index in [1.807, 2.05) is 0 Å². The molecule has 0 saturated carbocycles. The van der Waals surface area contributed by atoms with Gasteiger partial charge in [0.25, 0.3) is 0 Å². The van der Waals surface area contributed by atoms with Crippen LogP contribution >= 0.6 is 15.2 Å². The molecular weight excluding hydrogens is 262 g/mol. The van der Waals surface area contributed by atoms with Crippen molar-refractivity contribution in [1.82, 2.24) is 0 Å². The molecule has 0 bridgehead atoms. The topological polar surface area (TPSA) is 184 Å². The van der Waals surface area contributed by atoms with E-state index in [1.165, 1.54) is 0 Å². The number of carbonyl (C=O) groups excluding carboxylic acids is 1. The third-order valence-corrected chi connectivity index (χ3v) is 5.64. The van der Waals surface area contributed by atoms with Crippen LogP contribution in [0.5, 0.6) is 0 Å². The van der Waals surface area contributed by atoms with Crippen LogP contribution in [0.1, 0.15) is 6.42 Å². The lowest BCUT2D eigenvalue weighted by atomic mass is 10.1. The fourth-order valence-corrected chi connectivity index (χ4v) is 3.55. The average molecular weight is 276 g/mol. The Morgan fingerprint density at radius 1 is 1.12 bits per heavy atom. The van der Waals surface area contributed by atoms with Crippen LogP contribution < -0.4 is 11.5 Å². The van der Waals surface area contributed by atoms with Gasteiger partial charge in [-0.2, -0.15) is 0 Å². The number of ketones is 1. The zero-order valence-corrected chi connectivity index (χ0v) is 9.92. The lowest BCUT2D eigenvalue weighted by Crippen LogP contribution is -2.38. The lowest BCUT2D eigenvalue weighted by Gasteiger charge is -2.21. The van der Waals surface area contributed by atoms with E-state index in [0.717, 1.165) is 0 Å². The molecule has 0 aromatic carbocycles. The first-order chi connectivity index (χ1) is 7.00. The van der Waals surface area contributed by atoms with Crippen molar-refractivity contribution in [2.24, 2.45) is 11.5 Å². The maximum absolute atomic E-state index is 10.9. The summed E-state index contributed by atoms with van der Waals surface area (Å²) in [7, 11) is -10.1. The molecule has 8 N–H and O–H groups in total. The Hall–Kier alpha value is -0.110. The normalized spacial score (nSPS) is 15.2. The fraction of sp³-hybridized carbons (Fsp3) is 0.800. The zero-order valence-electron chi connectivity index (χ0n) is 8.13. The van der Waals surface area contributed by atoms with E-state index in [9.17, 15) is 13.9 Å². The maximum Gasteiger partial charge on any atom is 0.340 e. The first-order valence-electron chi connectivity index (χ1n) is 4.09. The molecule has 1 unspecified atom stereocenters. The van der Waals surface area contributed by atoms with E-state index in [0.29, 0.717) is 0 Å². The molecule has 0 radical (unpaired) electrons. The lowest BCUT2D eigenvalue weighted by molar-refractivity contribution is -0.119. The highest BCUT2D eigenvalue weighted by Crippen LogP contribution is 2.61. The Bertz CT molecular complexity index is 325. The van der Waals surface area contributed by atoms with Crippen LogP contribution in [0.3, 0.4) is 0 Å². The molecule has 9 nitrogen and oxygen atoms in total. The van der Waals surface area contributed by atoms with Gasteiger partial charge < -0.3 is 31.0 Å². The van der Waals surface area contributed by atoms with Crippen molar-refractivity contribution in [3.8, 4) is 0 Å². The number of carbonyl (C=O) groups is 1. The van der Waals surface area contributed by atoms with Gasteiger partial charge in [-0.1, -0.05) is 0 Å². The summed E-state index contributed by atoms with van der Waals surface area (Å²) < 4.78 is 21.7. The zero-order chi connectivity index (χ0) is 13.1. The van der Waals surface area contributed by atoms with E-state index in [2.05, 4.69) is 0 Å². The summed E-state index contributed by atoms with van der Waals surface area (Å²) >= 11 is 0. The van der Waals surface area contributed by atoms with Crippen LogP contribution in [-0.2, 0) is 13.9 Å². The minimum atomic E-state index is -5.04. The summed E-state index contributed by atoms with van der Waals surface area (Å²) in [6.45, 7) is -0.462. The van der Waals surface area contributed by atoms with Crippen LogP contribution in [0, 0.1) is 0 Å². The Kier molecular flexibility index (Phi) is 5.45. The van der Waals surface area contributed by atoms with Gasteiger partial charge in [0.1, 0.15) is 0 Å². The summed E-state index contributed by atoms with van der Waals surface area (Å²) in [5.74, 6) is -0.730. The molecule has 0 aromatic heterocycles. The van der Waals surface area contributed by atoms with E-state index in [1.54, 1.807) is 0 Å². The quantitative estimate of drug-likeness (QED) is 0.296. The number of rotatable bonds is 6. The maximum atomic E-state index is 10.9. The second-order valence-electron chi connectivity index (χ2n) is 3.17. The van der Waals surface area contributed by atoms with Gasteiger partial charge in [0.05, 0.1) is 12.6 Å². The van der Waals surface area contributed by atoms with Gasteiger partial charge in [-0.3, -0.25) is 13.9 Å². The second kappa shape index (κ2) is 5.48. The van der Waals surface area contributed by atoms with Gasteiger partial charge >= 0.3 is 15.2 Å². The molecule has 0 spiro atoms. The molecule has 0 heterocycles. The van der Waals surface area contributed by atoms with Crippen LogP contribution in [0.25, 0.3) is 0 Å². The summed E-state index contributed by atoms with van der Waals surface area (Å²) in [5.41, 5.74) is 10.2. The van der Waals surface area contributed by atoms with Crippen LogP contribution in [0.4, 0.5) is 0 Å². The first kappa shape index (κ1) is 15.9. The predicted molar refractivity (Wildman–Crippen MR) is 54.5 cm³/mol. The minimum absolute atomic E-state index is 0.462. The monoisotopic (exact) mass is 276 g/mol. The van der Waals surface area contributed by atoms with Crippen molar-refractivity contribution in [2.75, 3.05) is 6.54 Å². The van der Waals surface area contributed by atoms with Crippen LogP contribution in [0.15, 0.2) is 0 Å². The summed E-state index contributed by atoms with van der Waals surface area (Å²) in [6, 6.07) is -1.41. The van der Waals surface area contributed by atoms with E-state index in [-0.39, 0.29) is 0 Å². The molecule has 0 fully saturated rings. The third-order valence-electron chi connectivity index (χ3n) is 1.86. The standard InChI is InChI=1S/C5H14N2O7P2/c6-2-4(8)3(7)1-5(15(9,10)11)16(12,13)14/h3,5H,1-2,6-7H2,(H2,9,10,11)(H2,12,13,14). The molecule has 11 heteroatoms. The Morgan fingerprint density at radius 3 is 1.75 bits per heavy atom. The highest BCUT2D eigenvalue weighted by atomic mass is 31.2. The number of Topliss-reactive ketones (excluding diaryl/α,β-unsaturated/α-hetero) is 1. The molecule has 0 aliphatic carbocycles. The highest BCUT2D eigenvalue weighted by molar-refractivity contribution is 7.70. The molecule has 96 valence electrons. The van der Waals surface area contributed by atoms with E-state index < -0.39 is 45.4 Å². The van der Waals surface area contributed by atoms with Crippen molar-refractivity contribution < 1.29 is 33.5 Å². The Labute approximate surface area is 91.1 Å². The Morgan fingerprint density at radius 2 is 1.50 bits per heavy atom. The van der Waals surface area contributed by atoms with Crippen molar-refractivity contribution in [2.45, 2.75) is 17.9 Å². The fourth-order valence-electron chi connectivity index (χ4n) is 0.981. The van der Waals surface area contributed by atoms with Crippen molar-refractivity contribution in [3.05, 3.63) is 0 Å². The first-order valence-corrected chi connectivity index (χ1v) is 7.45. The van der Waals surface area contributed by atoms with Gasteiger partial charge in [0.2, 0.25) is 0 Å². The molecule has 0 saturated heterocycles. The minimum Gasteiger partial charge on any atom is -0.324 e. The molecular formula is C5H14N2O7P2. The molecule has 0 aliphatic heterocycles. The van der Waals surface area contributed by atoms with Gasteiger partial charge in [-0.05, 0) is 6.42 Å². The summed E-state index contributed by atoms with van der Waals surface area (Å²) in [5, 5.41) is -2.27. The number of hydrogen-bond donors (Lipinski definition) is 6. The van der Waals surface area contributed by atoms with Crippen LogP contribution in [-0.4, -0.2) is 43.3 Å². The SMILES string of the molecule is NCC(=O)C(N)CC(P(=O)(O)O)P(=O)(O)O. The predicted octanol–water partition coefficient (Wildman–Crippen LogP) is -2.09. The van der Waals surface area contributed by atoms with Gasteiger partial charge in [-0.15, -0.1) is 0 Å². The molecule has 1 atom stereocenters. The van der Waals surface area contributed by atoms with E-state index >= 15 is 0 Å². The smallest absolute Gasteiger partial charge is 0.324 e. The van der Waals surface area contributed by atoms with Crippen molar-refractivity contribution >= 4 is 21.0 Å². The van der Waals surface area contributed by atoms with Crippen molar-refractivity contribution in [1.29, 1.82) is 0 Å². The molecule has 0 aliphatic rings. The number of hydrogen-bond acceptors (Lipinski definition) is 5. The van der Waals surface area contributed by atoms with E-state index in [4.69, 9.17) is 31.0 Å². The second-order valence-corrected chi connectivity index (χ2v) is 7.18. The molecule has 0 rings (SSSR count). The van der Waals surface area contributed by atoms with Crippen LogP contribution in [0.2, 0.25) is 0 Å². The van der Waals surface area contributed by atoms with Gasteiger partial charge in [-0.25, -0.2) is 0 Å².